The molecule has 1 N–H and O–H groups in total. The van der Waals surface area contributed by atoms with E-state index in [-0.39, 0.29) is 11.9 Å². The fourth-order valence-electron chi connectivity index (χ4n) is 3.05. The summed E-state index contributed by atoms with van der Waals surface area (Å²) in [6, 6.07) is -0.105. The van der Waals surface area contributed by atoms with Gasteiger partial charge in [-0.15, -0.1) is 0 Å². The Morgan fingerprint density at radius 1 is 1.36 bits per heavy atom. The molecule has 3 amide bonds. The third kappa shape index (κ3) is 3.55. The fourth-order valence-corrected chi connectivity index (χ4v) is 3.61. The highest BCUT2D eigenvalue weighted by atomic mass is 32.1. The third-order valence-corrected chi connectivity index (χ3v) is 5.01. The third-order valence-electron chi connectivity index (χ3n) is 4.29. The summed E-state index contributed by atoms with van der Waals surface area (Å²) in [5.41, 5.74) is 0. The number of likely N-dealkylation sites (tertiary alicyclic amines) is 2. The number of nitrogens with zero attached hydrogens (tertiary/aromatic N) is 4. The summed E-state index contributed by atoms with van der Waals surface area (Å²) in [4.78, 5) is 31.8. The van der Waals surface area contributed by atoms with Crippen LogP contribution in [0.2, 0.25) is 0 Å². The Labute approximate surface area is 133 Å². The zero-order valence-electron chi connectivity index (χ0n) is 12.7. The van der Waals surface area contributed by atoms with E-state index in [4.69, 9.17) is 0 Å². The molecule has 2 aliphatic rings. The summed E-state index contributed by atoms with van der Waals surface area (Å²) in [6.45, 7) is 5.02. The summed E-state index contributed by atoms with van der Waals surface area (Å²) >= 11 is 1.20. The van der Waals surface area contributed by atoms with Gasteiger partial charge in [-0.05, 0) is 32.1 Å². The van der Waals surface area contributed by atoms with Crippen molar-refractivity contribution in [1.29, 1.82) is 0 Å². The van der Waals surface area contributed by atoms with Crippen LogP contribution in [0.4, 0.5) is 9.93 Å². The molecule has 0 atom stereocenters. The lowest BCUT2D eigenvalue weighted by atomic mass is 9.96. The lowest BCUT2D eigenvalue weighted by molar-refractivity contribution is -0.128. The van der Waals surface area contributed by atoms with Crippen molar-refractivity contribution >= 4 is 28.6 Å². The molecule has 2 saturated heterocycles. The van der Waals surface area contributed by atoms with Gasteiger partial charge in [0.2, 0.25) is 11.0 Å². The van der Waals surface area contributed by atoms with Crippen LogP contribution in [0.1, 0.15) is 31.5 Å². The van der Waals surface area contributed by atoms with Gasteiger partial charge in [0, 0.05) is 44.1 Å². The van der Waals surface area contributed by atoms with Crippen molar-refractivity contribution in [1.82, 2.24) is 19.2 Å². The standard InChI is InChI=1S/C14H21N5O2S/c1-10-15-13(22-17-10)16-14(21)18-7-4-11(5-8-18)9-19-6-2-3-12(19)20/h11H,2-9H2,1H3,(H,15,16,17,21). The van der Waals surface area contributed by atoms with E-state index in [2.05, 4.69) is 14.7 Å². The zero-order chi connectivity index (χ0) is 15.5. The van der Waals surface area contributed by atoms with E-state index in [9.17, 15) is 9.59 Å². The molecule has 0 bridgehead atoms. The summed E-state index contributed by atoms with van der Waals surface area (Å²) in [5, 5.41) is 3.34. The van der Waals surface area contributed by atoms with Crippen LogP contribution in [-0.4, -0.2) is 57.3 Å². The molecule has 120 valence electrons. The number of anilines is 1. The predicted octanol–water partition coefficient (Wildman–Crippen LogP) is 1.71. The highest BCUT2D eigenvalue weighted by Gasteiger charge is 2.28. The highest BCUT2D eigenvalue weighted by molar-refractivity contribution is 7.09. The number of carbonyl (C=O) groups is 2. The second-order valence-corrected chi connectivity index (χ2v) is 6.70. The molecule has 3 rings (SSSR count). The lowest BCUT2D eigenvalue weighted by Gasteiger charge is -2.33. The Bertz CT molecular complexity index is 553. The quantitative estimate of drug-likeness (QED) is 0.918. The van der Waals surface area contributed by atoms with Gasteiger partial charge in [0.15, 0.2) is 0 Å². The molecule has 8 heteroatoms. The summed E-state index contributed by atoms with van der Waals surface area (Å²) in [7, 11) is 0. The monoisotopic (exact) mass is 323 g/mol. The van der Waals surface area contributed by atoms with Crippen molar-refractivity contribution in [3.63, 3.8) is 0 Å². The molecule has 0 saturated carbocycles. The average Bonchev–Trinajstić information content (AvgIpc) is 3.09. The van der Waals surface area contributed by atoms with E-state index in [0.29, 0.717) is 23.3 Å². The maximum atomic E-state index is 12.2. The van der Waals surface area contributed by atoms with Crippen molar-refractivity contribution < 1.29 is 9.59 Å². The number of amides is 3. The molecular weight excluding hydrogens is 302 g/mol. The van der Waals surface area contributed by atoms with E-state index in [0.717, 1.165) is 45.4 Å². The highest BCUT2D eigenvalue weighted by Crippen LogP contribution is 2.22. The minimum Gasteiger partial charge on any atom is -0.342 e. The van der Waals surface area contributed by atoms with E-state index in [1.165, 1.54) is 11.5 Å². The molecule has 7 nitrogen and oxygen atoms in total. The predicted molar refractivity (Wildman–Crippen MR) is 83.8 cm³/mol. The number of urea groups is 1. The second-order valence-electron chi connectivity index (χ2n) is 5.95. The fraction of sp³-hybridized carbons (Fsp3) is 0.714. The Kier molecular flexibility index (Phi) is 4.56. The molecule has 2 fully saturated rings. The molecule has 1 aromatic heterocycles. The van der Waals surface area contributed by atoms with Crippen LogP contribution >= 0.6 is 11.5 Å². The zero-order valence-corrected chi connectivity index (χ0v) is 13.6. The van der Waals surface area contributed by atoms with Gasteiger partial charge in [0.1, 0.15) is 5.82 Å². The molecule has 0 aliphatic carbocycles. The largest absolute Gasteiger partial charge is 0.342 e. The van der Waals surface area contributed by atoms with Crippen molar-refractivity contribution in [2.75, 3.05) is 31.5 Å². The van der Waals surface area contributed by atoms with E-state index in [1.54, 1.807) is 6.92 Å². The first kappa shape index (κ1) is 15.2. The van der Waals surface area contributed by atoms with Crippen molar-refractivity contribution in [2.24, 2.45) is 5.92 Å². The topological polar surface area (TPSA) is 78.4 Å². The van der Waals surface area contributed by atoms with Crippen LogP contribution in [-0.2, 0) is 4.79 Å². The maximum Gasteiger partial charge on any atom is 0.323 e. The minimum absolute atomic E-state index is 0.105. The molecule has 0 spiro atoms. The van der Waals surface area contributed by atoms with E-state index in [1.807, 2.05) is 9.80 Å². The Morgan fingerprint density at radius 2 is 2.14 bits per heavy atom. The minimum atomic E-state index is -0.105. The normalized spacial score (nSPS) is 19.8. The van der Waals surface area contributed by atoms with Crippen LogP contribution in [0, 0.1) is 12.8 Å². The van der Waals surface area contributed by atoms with Gasteiger partial charge in [0.05, 0.1) is 0 Å². The van der Waals surface area contributed by atoms with Gasteiger partial charge in [-0.3, -0.25) is 10.1 Å². The number of piperidine rings is 1. The van der Waals surface area contributed by atoms with Crippen molar-refractivity contribution in [2.45, 2.75) is 32.6 Å². The van der Waals surface area contributed by atoms with Crippen LogP contribution in [0.15, 0.2) is 0 Å². The first-order valence-electron chi connectivity index (χ1n) is 7.76. The van der Waals surface area contributed by atoms with Gasteiger partial charge >= 0.3 is 6.03 Å². The number of nitrogens with one attached hydrogen (secondary N) is 1. The Morgan fingerprint density at radius 3 is 2.73 bits per heavy atom. The number of hydrogen-bond donors (Lipinski definition) is 1. The summed E-state index contributed by atoms with van der Waals surface area (Å²) in [5.74, 6) is 1.47. The van der Waals surface area contributed by atoms with E-state index < -0.39 is 0 Å². The van der Waals surface area contributed by atoms with Gasteiger partial charge in [0.25, 0.3) is 0 Å². The first-order valence-corrected chi connectivity index (χ1v) is 8.53. The number of carbonyl (C=O) groups excluding carboxylic acids is 2. The van der Waals surface area contributed by atoms with E-state index >= 15 is 0 Å². The maximum absolute atomic E-state index is 12.2. The lowest BCUT2D eigenvalue weighted by Crippen LogP contribution is -2.43. The Hall–Kier alpha value is -1.70. The second kappa shape index (κ2) is 6.60. The smallest absolute Gasteiger partial charge is 0.323 e. The van der Waals surface area contributed by atoms with Crippen LogP contribution in [0.5, 0.6) is 0 Å². The van der Waals surface area contributed by atoms with Crippen LogP contribution < -0.4 is 5.32 Å². The molecule has 0 aromatic carbocycles. The number of aromatic nitrogens is 2. The van der Waals surface area contributed by atoms with Gasteiger partial charge < -0.3 is 9.80 Å². The molecule has 2 aliphatic heterocycles. The number of rotatable bonds is 3. The van der Waals surface area contributed by atoms with Crippen LogP contribution in [0.3, 0.4) is 0 Å². The number of aryl methyl sites for hydroxylation is 1. The molecule has 3 heterocycles. The molecular formula is C14H21N5O2S. The van der Waals surface area contributed by atoms with Gasteiger partial charge in [-0.25, -0.2) is 9.78 Å². The van der Waals surface area contributed by atoms with Gasteiger partial charge in [-0.2, -0.15) is 4.37 Å². The van der Waals surface area contributed by atoms with Crippen LogP contribution in [0.25, 0.3) is 0 Å². The molecule has 1 aromatic rings. The number of hydrogen-bond acceptors (Lipinski definition) is 5. The summed E-state index contributed by atoms with van der Waals surface area (Å²) < 4.78 is 4.05. The average molecular weight is 323 g/mol. The molecule has 22 heavy (non-hydrogen) atoms. The van der Waals surface area contributed by atoms with Crippen molar-refractivity contribution in [3.05, 3.63) is 5.82 Å². The summed E-state index contributed by atoms with van der Waals surface area (Å²) in [6.07, 6.45) is 3.59. The SMILES string of the molecule is Cc1nsc(NC(=O)N2CCC(CN3CCCC3=O)CC2)n1. The first-order chi connectivity index (χ1) is 10.6. The van der Waals surface area contributed by atoms with Gasteiger partial charge in [-0.1, -0.05) is 0 Å². The molecule has 0 unspecified atom stereocenters. The van der Waals surface area contributed by atoms with Crippen molar-refractivity contribution in [3.8, 4) is 0 Å². The Balaban J connectivity index is 1.44. The molecule has 0 radical (unpaired) electrons.